The molecule has 0 aliphatic carbocycles. The van der Waals surface area contributed by atoms with Crippen LogP contribution in [0, 0.1) is 18.8 Å². The van der Waals surface area contributed by atoms with Gasteiger partial charge in [-0.2, -0.15) is 11.8 Å². The maximum atomic E-state index is 12.9. The molecule has 0 radical (unpaired) electrons. The number of benzene rings is 1. The molecule has 2 aliphatic heterocycles. The zero-order valence-electron chi connectivity index (χ0n) is 15.5. The number of hydrogen-bond acceptors (Lipinski definition) is 5. The Morgan fingerprint density at radius 3 is 2.62 bits per heavy atom. The monoisotopic (exact) mass is 377 g/mol. The number of aryl methyl sites for hydroxylation is 1. The van der Waals surface area contributed by atoms with Crippen molar-refractivity contribution in [2.45, 2.75) is 24.9 Å². The molecule has 2 heterocycles. The van der Waals surface area contributed by atoms with Gasteiger partial charge in [0.05, 0.1) is 7.11 Å². The lowest BCUT2D eigenvalue weighted by atomic mass is 9.77. The lowest BCUT2D eigenvalue weighted by Crippen LogP contribution is -2.98. The zero-order chi connectivity index (χ0) is 19.1. The van der Waals surface area contributed by atoms with Crippen LogP contribution >= 0.6 is 11.8 Å². The number of methoxy groups -OCH3 is 1. The van der Waals surface area contributed by atoms with Crippen LogP contribution in [0.5, 0.6) is 0 Å². The number of quaternary nitrogens is 1. The van der Waals surface area contributed by atoms with Gasteiger partial charge in [-0.05, 0) is 24.5 Å². The Morgan fingerprint density at radius 1 is 1.31 bits per heavy atom. The zero-order valence-corrected chi connectivity index (χ0v) is 16.3. The summed E-state index contributed by atoms with van der Waals surface area (Å²) in [5.41, 5.74) is 0.981. The fourth-order valence-corrected chi connectivity index (χ4v) is 5.05. The quantitative estimate of drug-likeness (QED) is 0.597. The van der Waals surface area contributed by atoms with E-state index in [9.17, 15) is 14.4 Å². The summed E-state index contributed by atoms with van der Waals surface area (Å²) in [7, 11) is 2.85. The highest BCUT2D eigenvalue weighted by atomic mass is 32.2. The van der Waals surface area contributed by atoms with Crippen molar-refractivity contribution >= 4 is 29.5 Å². The Hall–Kier alpha value is -1.86. The number of esters is 1. The van der Waals surface area contributed by atoms with Crippen molar-refractivity contribution in [3.8, 4) is 0 Å². The average Bonchev–Trinajstić information content (AvgIpc) is 3.10. The molecule has 1 aromatic carbocycles. The van der Waals surface area contributed by atoms with Gasteiger partial charge in [0.1, 0.15) is 17.9 Å². The van der Waals surface area contributed by atoms with E-state index in [1.54, 1.807) is 11.8 Å². The van der Waals surface area contributed by atoms with Gasteiger partial charge in [-0.15, -0.1) is 0 Å². The van der Waals surface area contributed by atoms with E-state index in [0.29, 0.717) is 12.2 Å². The number of nitrogens with zero attached hydrogens (tertiary/aromatic N) is 1. The first kappa shape index (κ1) is 18.9. The van der Waals surface area contributed by atoms with Crippen LogP contribution in [0.15, 0.2) is 24.3 Å². The molecule has 7 heteroatoms. The summed E-state index contributed by atoms with van der Waals surface area (Å²) in [6, 6.07) is 7.56. The van der Waals surface area contributed by atoms with Gasteiger partial charge in [0.25, 0.3) is 0 Å². The second kappa shape index (κ2) is 7.04. The van der Waals surface area contributed by atoms with E-state index < -0.39 is 23.3 Å². The van der Waals surface area contributed by atoms with E-state index in [-0.39, 0.29) is 17.9 Å². The number of amides is 2. The summed E-state index contributed by atoms with van der Waals surface area (Å²) in [5, 5.41) is 1.93. The third-order valence-electron chi connectivity index (χ3n) is 5.82. The van der Waals surface area contributed by atoms with Gasteiger partial charge in [-0.25, -0.2) is 4.79 Å². The average molecular weight is 377 g/mol. The molecule has 0 bridgehead atoms. The summed E-state index contributed by atoms with van der Waals surface area (Å²) >= 11 is 1.61. The largest absolute Gasteiger partial charge is 0.464 e. The van der Waals surface area contributed by atoms with E-state index in [1.807, 2.05) is 42.8 Å². The summed E-state index contributed by atoms with van der Waals surface area (Å²) < 4.78 is 5.11. The van der Waals surface area contributed by atoms with Gasteiger partial charge in [-0.1, -0.05) is 24.3 Å². The van der Waals surface area contributed by atoms with Crippen molar-refractivity contribution in [1.82, 2.24) is 4.90 Å². The molecule has 4 atom stereocenters. The van der Waals surface area contributed by atoms with Crippen molar-refractivity contribution in [1.29, 1.82) is 0 Å². The SMILES string of the molecule is COC(=O)[C@@]1(CCSC)[NH2+][C@H](c2ccccc2C)[C@H]2C(=O)N(C)C(=O)[C@H]21. The molecule has 0 spiro atoms. The van der Waals surface area contributed by atoms with Crippen LogP contribution in [0.4, 0.5) is 0 Å². The molecule has 0 aromatic heterocycles. The number of fused-ring (bicyclic) bond motifs is 1. The molecule has 2 aliphatic rings. The van der Waals surface area contributed by atoms with Crippen LogP contribution in [0.2, 0.25) is 0 Å². The fraction of sp³-hybridized carbons (Fsp3) is 0.526. The third kappa shape index (κ3) is 2.65. The number of likely N-dealkylation sites (tertiary alicyclic amines) is 1. The van der Waals surface area contributed by atoms with E-state index >= 15 is 0 Å². The van der Waals surface area contributed by atoms with E-state index in [4.69, 9.17) is 4.74 Å². The number of thioether (sulfide) groups is 1. The molecule has 0 saturated carbocycles. The van der Waals surface area contributed by atoms with Crippen molar-refractivity contribution in [3.63, 3.8) is 0 Å². The normalized spacial score (nSPS) is 30.6. The maximum absolute atomic E-state index is 12.9. The number of carbonyl (C=O) groups excluding carboxylic acids is 3. The molecule has 0 unspecified atom stereocenters. The number of carbonyl (C=O) groups is 3. The van der Waals surface area contributed by atoms with Crippen molar-refractivity contribution in [2.24, 2.45) is 11.8 Å². The molecule has 3 rings (SSSR count). The molecule has 1 aromatic rings. The number of ether oxygens (including phenoxy) is 1. The minimum atomic E-state index is -1.06. The Bertz CT molecular complexity index is 753. The third-order valence-corrected chi connectivity index (χ3v) is 6.44. The fourth-order valence-electron chi connectivity index (χ4n) is 4.51. The molecular formula is C19H25N2O4S+. The first-order valence-electron chi connectivity index (χ1n) is 8.69. The van der Waals surface area contributed by atoms with E-state index in [0.717, 1.165) is 11.1 Å². The van der Waals surface area contributed by atoms with Crippen LogP contribution in [-0.4, -0.2) is 54.4 Å². The summed E-state index contributed by atoms with van der Waals surface area (Å²) in [4.78, 5) is 39.9. The van der Waals surface area contributed by atoms with Gasteiger partial charge in [0, 0.05) is 19.0 Å². The smallest absolute Gasteiger partial charge is 0.368 e. The topological polar surface area (TPSA) is 80.3 Å². The molecule has 26 heavy (non-hydrogen) atoms. The number of imide groups is 1. The van der Waals surface area contributed by atoms with Crippen LogP contribution in [0.3, 0.4) is 0 Å². The highest BCUT2D eigenvalue weighted by molar-refractivity contribution is 7.98. The van der Waals surface area contributed by atoms with Crippen LogP contribution < -0.4 is 5.32 Å². The Balaban J connectivity index is 2.15. The molecule has 2 amide bonds. The summed E-state index contributed by atoms with van der Waals surface area (Å²) in [6.45, 7) is 1.99. The van der Waals surface area contributed by atoms with Gasteiger partial charge in [-0.3, -0.25) is 14.5 Å². The van der Waals surface area contributed by atoms with E-state index in [2.05, 4.69) is 0 Å². The minimum Gasteiger partial charge on any atom is -0.464 e. The Morgan fingerprint density at radius 2 is 2.00 bits per heavy atom. The van der Waals surface area contributed by atoms with Crippen LogP contribution in [0.25, 0.3) is 0 Å². The maximum Gasteiger partial charge on any atom is 0.368 e. The van der Waals surface area contributed by atoms with Gasteiger partial charge in [0.15, 0.2) is 0 Å². The second-order valence-corrected chi connectivity index (χ2v) is 8.05. The second-order valence-electron chi connectivity index (χ2n) is 7.06. The molecular weight excluding hydrogens is 352 g/mol. The first-order chi connectivity index (χ1) is 12.4. The number of nitrogens with two attached hydrogens (primary N) is 1. The molecule has 140 valence electrons. The van der Waals surface area contributed by atoms with E-state index in [1.165, 1.54) is 19.1 Å². The number of hydrogen-bond donors (Lipinski definition) is 1. The molecule has 2 N–H and O–H groups in total. The molecule has 2 fully saturated rings. The lowest BCUT2D eigenvalue weighted by molar-refractivity contribution is -0.734. The standard InChI is InChI=1S/C19H24N2O4S/c1-11-7-5-6-8-12(11)15-13-14(17(23)21(2)16(13)22)19(20-15,9-10-26-4)18(24)25-3/h5-8,13-15,20H,9-10H2,1-4H3/p+1/t13-,14-,15+,19-/m0/s1. The summed E-state index contributed by atoms with van der Waals surface area (Å²) in [5.74, 6) is -1.44. The van der Waals surface area contributed by atoms with Crippen molar-refractivity contribution < 1.29 is 24.4 Å². The van der Waals surface area contributed by atoms with Crippen LogP contribution in [-0.2, 0) is 19.1 Å². The Labute approximate surface area is 157 Å². The van der Waals surface area contributed by atoms with Gasteiger partial charge < -0.3 is 10.1 Å². The first-order valence-corrected chi connectivity index (χ1v) is 10.1. The number of rotatable bonds is 5. The minimum absolute atomic E-state index is 0.209. The highest BCUT2D eigenvalue weighted by Crippen LogP contribution is 2.46. The molecule has 6 nitrogen and oxygen atoms in total. The predicted octanol–water partition coefficient (Wildman–Crippen LogP) is 0.509. The molecule has 2 saturated heterocycles. The Kier molecular flexibility index (Phi) is 5.12. The highest BCUT2D eigenvalue weighted by Gasteiger charge is 2.71. The van der Waals surface area contributed by atoms with Crippen LogP contribution in [0.1, 0.15) is 23.6 Å². The lowest BCUT2D eigenvalue weighted by Gasteiger charge is -2.28. The van der Waals surface area contributed by atoms with Crippen molar-refractivity contribution in [3.05, 3.63) is 35.4 Å². The van der Waals surface area contributed by atoms with Gasteiger partial charge >= 0.3 is 5.97 Å². The van der Waals surface area contributed by atoms with Gasteiger partial charge in [0.2, 0.25) is 17.4 Å². The van der Waals surface area contributed by atoms with Crippen molar-refractivity contribution in [2.75, 3.05) is 26.2 Å². The summed E-state index contributed by atoms with van der Waals surface area (Å²) in [6.07, 6.45) is 2.45. The predicted molar refractivity (Wildman–Crippen MR) is 98.3 cm³/mol.